The maximum absolute atomic E-state index is 12.4. The van der Waals surface area contributed by atoms with Crippen LogP contribution in [-0.2, 0) is 4.74 Å². The van der Waals surface area contributed by atoms with Gasteiger partial charge in [-0.15, -0.1) is 0 Å². The Labute approximate surface area is 84.0 Å². The third-order valence-electron chi connectivity index (χ3n) is 2.25. The first-order valence-electron chi connectivity index (χ1n) is 4.90. The van der Waals surface area contributed by atoms with E-state index in [2.05, 4.69) is 5.32 Å². The first kappa shape index (κ1) is 11.3. The molecule has 0 aliphatic heterocycles. The van der Waals surface area contributed by atoms with E-state index >= 15 is 0 Å². The molecular weight excluding hydrogens is 185 g/mol. The molecule has 3 nitrogen and oxygen atoms in total. The number of amides is 1. The van der Waals surface area contributed by atoms with Crippen LogP contribution in [0.1, 0.15) is 33.6 Å². The second-order valence-corrected chi connectivity index (χ2v) is 4.99. The summed E-state index contributed by atoms with van der Waals surface area (Å²) in [5.41, 5.74) is -0.770. The summed E-state index contributed by atoms with van der Waals surface area (Å²) >= 11 is 0. The minimum atomic E-state index is -0.490. The molecule has 82 valence electrons. The smallest absolute Gasteiger partial charge is 0.407 e. The molecule has 1 saturated carbocycles. The average molecular weight is 203 g/mol. The van der Waals surface area contributed by atoms with E-state index in [1.165, 1.54) is 0 Å². The maximum atomic E-state index is 12.4. The van der Waals surface area contributed by atoms with Gasteiger partial charge in [-0.2, -0.15) is 0 Å². The third kappa shape index (κ3) is 3.52. The Bertz CT molecular complexity index is 219. The number of carbonyl (C=O) groups is 1. The van der Waals surface area contributed by atoms with Gasteiger partial charge in [0, 0.05) is 12.0 Å². The summed E-state index contributed by atoms with van der Waals surface area (Å²) in [6.45, 7) is 5.43. The van der Waals surface area contributed by atoms with Crippen LogP contribution in [-0.4, -0.2) is 24.9 Å². The van der Waals surface area contributed by atoms with Gasteiger partial charge >= 0.3 is 6.09 Å². The number of alkyl halides is 1. The number of rotatable bonds is 3. The van der Waals surface area contributed by atoms with Gasteiger partial charge in [0.05, 0.1) is 6.67 Å². The minimum absolute atomic E-state index is 0.281. The molecule has 1 amide bonds. The number of alkyl carbamates (subject to hydrolysis) is 1. The molecule has 1 N–H and O–H groups in total. The molecule has 0 saturated heterocycles. The first-order chi connectivity index (χ1) is 6.37. The molecule has 0 unspecified atom stereocenters. The van der Waals surface area contributed by atoms with Gasteiger partial charge in [0.2, 0.25) is 0 Å². The Morgan fingerprint density at radius 3 is 2.43 bits per heavy atom. The SMILES string of the molecule is CC(C)(C)OC(=O)NCC1(CF)CC1. The normalized spacial score (nSPS) is 18.9. The van der Waals surface area contributed by atoms with Crippen molar-refractivity contribution in [3.05, 3.63) is 0 Å². The molecule has 1 aliphatic carbocycles. The van der Waals surface area contributed by atoms with Crippen molar-refractivity contribution in [3.8, 4) is 0 Å². The Kier molecular flexibility index (Phi) is 3.02. The fourth-order valence-corrected chi connectivity index (χ4v) is 1.11. The summed E-state index contributed by atoms with van der Waals surface area (Å²) < 4.78 is 17.5. The maximum Gasteiger partial charge on any atom is 0.407 e. The highest BCUT2D eigenvalue weighted by atomic mass is 19.1. The topological polar surface area (TPSA) is 38.3 Å². The third-order valence-corrected chi connectivity index (χ3v) is 2.25. The van der Waals surface area contributed by atoms with E-state index in [1.807, 2.05) is 0 Å². The highest BCUT2D eigenvalue weighted by Gasteiger charge is 2.43. The first-order valence-corrected chi connectivity index (χ1v) is 4.90. The summed E-state index contributed by atoms with van der Waals surface area (Å²) in [5.74, 6) is 0. The number of nitrogens with one attached hydrogen (secondary N) is 1. The van der Waals surface area contributed by atoms with Crippen LogP contribution in [0, 0.1) is 5.41 Å². The zero-order valence-electron chi connectivity index (χ0n) is 9.02. The van der Waals surface area contributed by atoms with Crippen molar-refractivity contribution >= 4 is 6.09 Å². The molecule has 1 aliphatic rings. The molecule has 0 bridgehead atoms. The van der Waals surface area contributed by atoms with Crippen LogP contribution in [0.5, 0.6) is 0 Å². The summed E-state index contributed by atoms with van der Waals surface area (Å²) in [7, 11) is 0. The highest BCUT2D eigenvalue weighted by molar-refractivity contribution is 5.67. The zero-order valence-corrected chi connectivity index (χ0v) is 9.02. The molecule has 14 heavy (non-hydrogen) atoms. The Morgan fingerprint density at radius 1 is 1.50 bits per heavy atom. The van der Waals surface area contributed by atoms with Crippen LogP contribution >= 0.6 is 0 Å². The molecule has 0 aromatic carbocycles. The molecule has 0 spiro atoms. The second-order valence-electron chi connectivity index (χ2n) is 4.99. The standard InChI is InChI=1S/C10H18FNO2/c1-9(2,3)14-8(13)12-7-10(6-11)4-5-10/h4-7H2,1-3H3,(H,12,13). The van der Waals surface area contributed by atoms with Gasteiger partial charge in [-0.25, -0.2) is 4.79 Å². The number of carbonyl (C=O) groups excluding carboxylic acids is 1. The quantitative estimate of drug-likeness (QED) is 0.764. The molecule has 0 radical (unpaired) electrons. The van der Waals surface area contributed by atoms with Crippen LogP contribution in [0.2, 0.25) is 0 Å². The largest absolute Gasteiger partial charge is 0.444 e. The van der Waals surface area contributed by atoms with Crippen LogP contribution in [0.4, 0.5) is 9.18 Å². The van der Waals surface area contributed by atoms with Crippen LogP contribution in [0.25, 0.3) is 0 Å². The van der Waals surface area contributed by atoms with Gasteiger partial charge in [0.25, 0.3) is 0 Å². The van der Waals surface area contributed by atoms with Gasteiger partial charge < -0.3 is 10.1 Å². The van der Waals surface area contributed by atoms with Crippen molar-refractivity contribution < 1.29 is 13.9 Å². The van der Waals surface area contributed by atoms with E-state index in [0.717, 1.165) is 12.8 Å². The average Bonchev–Trinajstić information content (AvgIpc) is 2.78. The van der Waals surface area contributed by atoms with E-state index < -0.39 is 11.7 Å². The van der Waals surface area contributed by atoms with Gasteiger partial charge in [0.15, 0.2) is 0 Å². The molecule has 1 rings (SSSR count). The van der Waals surface area contributed by atoms with Crippen molar-refractivity contribution in [1.82, 2.24) is 5.32 Å². The van der Waals surface area contributed by atoms with Crippen molar-refractivity contribution in [1.29, 1.82) is 0 Å². The monoisotopic (exact) mass is 203 g/mol. The number of hydrogen-bond acceptors (Lipinski definition) is 2. The highest BCUT2D eigenvalue weighted by Crippen LogP contribution is 2.45. The molecule has 0 atom stereocenters. The Morgan fingerprint density at radius 2 is 2.07 bits per heavy atom. The number of halogens is 1. The lowest BCUT2D eigenvalue weighted by Crippen LogP contribution is -2.36. The summed E-state index contributed by atoms with van der Waals surface area (Å²) in [4.78, 5) is 11.2. The van der Waals surface area contributed by atoms with E-state index in [1.54, 1.807) is 20.8 Å². The van der Waals surface area contributed by atoms with Gasteiger partial charge in [0.1, 0.15) is 5.60 Å². The molecule has 0 heterocycles. The van der Waals surface area contributed by atoms with Crippen LogP contribution < -0.4 is 5.32 Å². The number of hydrogen-bond donors (Lipinski definition) is 1. The van der Waals surface area contributed by atoms with Crippen molar-refractivity contribution in [3.63, 3.8) is 0 Å². The van der Waals surface area contributed by atoms with E-state index in [4.69, 9.17) is 4.74 Å². The summed E-state index contributed by atoms with van der Waals surface area (Å²) in [5, 5.41) is 2.59. The molecular formula is C10H18FNO2. The van der Waals surface area contributed by atoms with E-state index in [9.17, 15) is 9.18 Å². The summed E-state index contributed by atoms with van der Waals surface area (Å²) in [6, 6.07) is 0. The second kappa shape index (κ2) is 3.75. The minimum Gasteiger partial charge on any atom is -0.444 e. The lowest BCUT2D eigenvalue weighted by Gasteiger charge is -2.20. The van der Waals surface area contributed by atoms with Gasteiger partial charge in [-0.3, -0.25) is 4.39 Å². The Balaban J connectivity index is 2.22. The van der Waals surface area contributed by atoms with E-state index in [0.29, 0.717) is 6.54 Å². The number of ether oxygens (including phenoxy) is 1. The Hall–Kier alpha value is -0.800. The van der Waals surface area contributed by atoms with Crippen molar-refractivity contribution in [2.75, 3.05) is 13.2 Å². The predicted octanol–water partition coefficient (Wildman–Crippen LogP) is 2.26. The lowest BCUT2D eigenvalue weighted by molar-refractivity contribution is 0.0513. The van der Waals surface area contributed by atoms with Crippen molar-refractivity contribution in [2.45, 2.75) is 39.2 Å². The predicted molar refractivity (Wildman–Crippen MR) is 51.9 cm³/mol. The molecule has 0 aromatic heterocycles. The molecule has 0 aromatic rings. The molecule has 1 fully saturated rings. The fourth-order valence-electron chi connectivity index (χ4n) is 1.11. The van der Waals surface area contributed by atoms with E-state index in [-0.39, 0.29) is 12.1 Å². The van der Waals surface area contributed by atoms with Gasteiger partial charge in [-0.1, -0.05) is 0 Å². The summed E-state index contributed by atoms with van der Waals surface area (Å²) in [6.07, 6.45) is 1.26. The fraction of sp³-hybridized carbons (Fsp3) is 0.900. The lowest BCUT2D eigenvalue weighted by atomic mass is 10.1. The van der Waals surface area contributed by atoms with Gasteiger partial charge in [-0.05, 0) is 33.6 Å². The van der Waals surface area contributed by atoms with Crippen LogP contribution in [0.3, 0.4) is 0 Å². The van der Waals surface area contributed by atoms with Crippen LogP contribution in [0.15, 0.2) is 0 Å². The van der Waals surface area contributed by atoms with Crippen molar-refractivity contribution in [2.24, 2.45) is 5.41 Å². The zero-order chi connectivity index (χ0) is 10.8. The molecule has 4 heteroatoms.